The fraction of sp³-hybridized carbons (Fsp3) is 0.474. The molecule has 0 aliphatic carbocycles. The van der Waals surface area contributed by atoms with E-state index in [1.54, 1.807) is 23.1 Å². The number of benzene rings is 1. The number of rotatable bonds is 6. The molecule has 1 aromatic carbocycles. The Labute approximate surface area is 159 Å². The maximum atomic E-state index is 12.7. The lowest BCUT2D eigenvalue weighted by molar-refractivity contribution is -0.174. The van der Waals surface area contributed by atoms with Crippen LogP contribution < -0.4 is 5.43 Å². The lowest BCUT2D eigenvalue weighted by atomic mass is 10.1. The third-order valence-electron chi connectivity index (χ3n) is 4.71. The van der Waals surface area contributed by atoms with E-state index < -0.39 is 12.8 Å². The molecule has 0 saturated carbocycles. The Morgan fingerprint density at radius 2 is 1.86 bits per heavy atom. The molecule has 0 unspecified atom stereocenters. The molecule has 6 nitrogen and oxygen atoms in total. The van der Waals surface area contributed by atoms with E-state index >= 15 is 0 Å². The van der Waals surface area contributed by atoms with Crippen molar-refractivity contribution >= 4 is 16.8 Å². The second-order valence-electron chi connectivity index (χ2n) is 6.73. The van der Waals surface area contributed by atoms with Crippen LogP contribution in [0.4, 0.5) is 13.2 Å². The van der Waals surface area contributed by atoms with Crippen molar-refractivity contribution in [1.82, 2.24) is 14.8 Å². The number of hydrogen-bond donors (Lipinski definition) is 1. The molecule has 9 heteroatoms. The number of fused-ring (bicyclic) bond motifs is 1. The van der Waals surface area contributed by atoms with Crippen LogP contribution in [-0.4, -0.2) is 72.8 Å². The smallest absolute Gasteiger partial charge is 0.372 e. The summed E-state index contributed by atoms with van der Waals surface area (Å²) in [5.74, 6) is -0.305. The molecule has 2 heterocycles. The third-order valence-corrected chi connectivity index (χ3v) is 4.71. The topological polar surface area (TPSA) is 65.6 Å². The number of aromatic amines is 1. The van der Waals surface area contributed by atoms with Gasteiger partial charge >= 0.3 is 6.18 Å². The van der Waals surface area contributed by atoms with Crippen LogP contribution >= 0.6 is 0 Å². The Morgan fingerprint density at radius 3 is 2.57 bits per heavy atom. The van der Waals surface area contributed by atoms with Crippen LogP contribution in [0.2, 0.25) is 0 Å². The van der Waals surface area contributed by atoms with Gasteiger partial charge in [-0.3, -0.25) is 14.5 Å². The molecule has 1 amide bonds. The first-order valence-corrected chi connectivity index (χ1v) is 9.12. The molecule has 1 aliphatic heterocycles. The van der Waals surface area contributed by atoms with Crippen molar-refractivity contribution in [2.45, 2.75) is 12.6 Å². The van der Waals surface area contributed by atoms with Gasteiger partial charge in [-0.25, -0.2) is 0 Å². The Balaban J connectivity index is 1.49. The first-order valence-electron chi connectivity index (χ1n) is 9.12. The molecular weight excluding hydrogens is 375 g/mol. The minimum atomic E-state index is -4.30. The van der Waals surface area contributed by atoms with E-state index in [0.717, 1.165) is 0 Å². The monoisotopic (exact) mass is 397 g/mol. The molecule has 1 N–H and O–H groups in total. The predicted molar refractivity (Wildman–Crippen MR) is 98.4 cm³/mol. The molecule has 0 atom stereocenters. The van der Waals surface area contributed by atoms with Gasteiger partial charge in [0.15, 0.2) is 0 Å². The third kappa shape index (κ3) is 5.11. The number of hydrogen-bond acceptors (Lipinski definition) is 4. The van der Waals surface area contributed by atoms with Crippen molar-refractivity contribution in [1.29, 1.82) is 0 Å². The van der Waals surface area contributed by atoms with Crippen LogP contribution in [0.15, 0.2) is 35.3 Å². The average molecular weight is 397 g/mol. The highest BCUT2D eigenvalue weighted by Gasteiger charge is 2.27. The maximum absolute atomic E-state index is 12.7. The molecule has 0 spiro atoms. The van der Waals surface area contributed by atoms with Gasteiger partial charge in [-0.2, -0.15) is 13.2 Å². The van der Waals surface area contributed by atoms with Gasteiger partial charge in [0.2, 0.25) is 5.43 Å². The summed E-state index contributed by atoms with van der Waals surface area (Å²) < 4.78 is 40.6. The van der Waals surface area contributed by atoms with E-state index in [9.17, 15) is 22.8 Å². The number of nitrogens with one attached hydrogen (secondary N) is 1. The van der Waals surface area contributed by atoms with E-state index in [4.69, 9.17) is 0 Å². The van der Waals surface area contributed by atoms with Crippen molar-refractivity contribution in [3.8, 4) is 0 Å². The lowest BCUT2D eigenvalue weighted by Gasteiger charge is -2.34. The van der Waals surface area contributed by atoms with Gasteiger partial charge in [0.25, 0.3) is 5.91 Å². The van der Waals surface area contributed by atoms with E-state index in [1.165, 1.54) is 6.20 Å². The summed E-state index contributed by atoms with van der Waals surface area (Å²) in [7, 11) is 0. The van der Waals surface area contributed by atoms with Gasteiger partial charge in [0, 0.05) is 56.4 Å². The number of para-hydroxylation sites is 1. The maximum Gasteiger partial charge on any atom is 0.411 e. The van der Waals surface area contributed by atoms with Crippen molar-refractivity contribution in [3.63, 3.8) is 0 Å². The van der Waals surface area contributed by atoms with Crippen molar-refractivity contribution in [2.75, 3.05) is 45.9 Å². The molecule has 1 fully saturated rings. The second-order valence-corrected chi connectivity index (χ2v) is 6.73. The summed E-state index contributed by atoms with van der Waals surface area (Å²) >= 11 is 0. The fourth-order valence-electron chi connectivity index (χ4n) is 3.25. The van der Waals surface area contributed by atoms with Crippen molar-refractivity contribution < 1.29 is 22.7 Å². The molecule has 2 aromatic rings. The zero-order valence-corrected chi connectivity index (χ0v) is 15.3. The first-order chi connectivity index (χ1) is 13.3. The Morgan fingerprint density at radius 1 is 1.14 bits per heavy atom. The second kappa shape index (κ2) is 8.74. The summed E-state index contributed by atoms with van der Waals surface area (Å²) in [5, 5.41) is 0.478. The Bertz CT molecular complexity index is 874. The number of nitrogens with zero attached hydrogens (tertiary/aromatic N) is 2. The molecule has 0 bridgehead atoms. The first kappa shape index (κ1) is 20.3. The highest BCUT2D eigenvalue weighted by molar-refractivity contribution is 5.97. The van der Waals surface area contributed by atoms with Crippen LogP contribution in [0.5, 0.6) is 0 Å². The average Bonchev–Trinajstić information content (AvgIpc) is 2.67. The van der Waals surface area contributed by atoms with Gasteiger partial charge in [0.1, 0.15) is 12.2 Å². The van der Waals surface area contributed by atoms with Gasteiger partial charge in [0.05, 0.1) is 0 Å². The number of piperazine rings is 1. The Kier molecular flexibility index (Phi) is 6.35. The van der Waals surface area contributed by atoms with Crippen LogP contribution in [-0.2, 0) is 4.74 Å². The minimum absolute atomic E-state index is 0.0467. The fourth-order valence-corrected chi connectivity index (χ4v) is 3.25. The zero-order valence-electron chi connectivity index (χ0n) is 15.3. The molecule has 1 aromatic heterocycles. The van der Waals surface area contributed by atoms with Crippen molar-refractivity contribution in [2.24, 2.45) is 0 Å². The molecule has 152 valence electrons. The highest BCUT2D eigenvalue weighted by Crippen LogP contribution is 2.15. The molecule has 0 radical (unpaired) electrons. The largest absolute Gasteiger partial charge is 0.411 e. The number of alkyl halides is 3. The van der Waals surface area contributed by atoms with Crippen molar-refractivity contribution in [3.05, 3.63) is 46.2 Å². The molecule has 28 heavy (non-hydrogen) atoms. The summed E-state index contributed by atoms with van der Waals surface area (Å²) in [6.07, 6.45) is -2.35. The number of aromatic nitrogens is 1. The lowest BCUT2D eigenvalue weighted by Crippen LogP contribution is -2.49. The minimum Gasteiger partial charge on any atom is -0.372 e. The molecular formula is C19H22F3N3O3. The Hall–Kier alpha value is -2.39. The number of ether oxygens (including phenoxy) is 1. The molecule has 1 saturated heterocycles. The van der Waals surface area contributed by atoms with E-state index in [2.05, 4.69) is 14.6 Å². The van der Waals surface area contributed by atoms with E-state index in [0.29, 0.717) is 50.0 Å². The standard InChI is InChI=1S/C19H22F3N3O3/c20-19(21,22)13-28-11-3-6-24-7-9-25(10-8-24)18(27)15-12-23-16-5-2-1-4-14(16)17(15)26/h1-2,4-5,12H,3,6-11,13H2,(H,23,26). The van der Waals surface area contributed by atoms with E-state index in [1.807, 2.05) is 6.07 Å². The number of carbonyl (C=O) groups is 1. The van der Waals surface area contributed by atoms with Crippen LogP contribution in [0.1, 0.15) is 16.8 Å². The summed E-state index contributed by atoms with van der Waals surface area (Å²) in [5.41, 5.74) is 0.512. The van der Waals surface area contributed by atoms with Crippen LogP contribution in [0, 0.1) is 0 Å². The summed E-state index contributed by atoms with van der Waals surface area (Å²) in [6, 6.07) is 7.03. The number of carbonyl (C=O) groups excluding carboxylic acids is 1. The van der Waals surface area contributed by atoms with E-state index in [-0.39, 0.29) is 23.5 Å². The van der Waals surface area contributed by atoms with Crippen LogP contribution in [0.3, 0.4) is 0 Å². The number of pyridine rings is 1. The van der Waals surface area contributed by atoms with Gasteiger partial charge in [-0.1, -0.05) is 12.1 Å². The summed E-state index contributed by atoms with van der Waals surface area (Å²) in [4.78, 5) is 32.0. The quantitative estimate of drug-likeness (QED) is 0.760. The molecule has 3 rings (SSSR count). The predicted octanol–water partition coefficient (Wildman–Crippen LogP) is 2.25. The zero-order chi connectivity index (χ0) is 20.1. The normalized spacial score (nSPS) is 15.9. The highest BCUT2D eigenvalue weighted by atomic mass is 19.4. The van der Waals surface area contributed by atoms with Crippen LogP contribution in [0.25, 0.3) is 10.9 Å². The van der Waals surface area contributed by atoms with Gasteiger partial charge in [-0.15, -0.1) is 0 Å². The summed E-state index contributed by atoms with van der Waals surface area (Å²) in [6.45, 7) is 1.58. The number of halogens is 3. The number of H-pyrrole nitrogens is 1. The van der Waals surface area contributed by atoms with Gasteiger partial charge in [-0.05, 0) is 18.6 Å². The number of amides is 1. The molecule has 1 aliphatic rings. The SMILES string of the molecule is O=C(c1c[nH]c2ccccc2c1=O)N1CCN(CCCOCC(F)(F)F)CC1. The van der Waals surface area contributed by atoms with Gasteiger partial charge < -0.3 is 14.6 Å².